The highest BCUT2D eigenvalue weighted by molar-refractivity contribution is 6.21. The van der Waals surface area contributed by atoms with E-state index in [9.17, 15) is 0 Å². The van der Waals surface area contributed by atoms with Gasteiger partial charge in [-0.25, -0.2) is 0 Å². The largest absolute Gasteiger partial charge is 0.370 e. The topological polar surface area (TPSA) is 3.24 Å². The summed E-state index contributed by atoms with van der Waals surface area (Å²) in [6.07, 6.45) is 4.97. The van der Waals surface area contributed by atoms with Gasteiger partial charge in [-0.05, 0) is 25.0 Å². The maximum Gasteiger partial charge on any atom is 0.0539 e. The lowest BCUT2D eigenvalue weighted by molar-refractivity contribution is 0.434. The first-order valence-electron chi connectivity index (χ1n) is 5.71. The lowest BCUT2D eigenvalue weighted by Crippen LogP contribution is -2.40. The standard InChI is InChI=1S/C13H18ClN/c1-15(11-7-3-2-4-8-11)13-10-6-5-9-12(13)14/h2-4,7-8,12-13H,5-6,9-10H2,1H3/t12-,13-/m1/s1. The molecule has 0 radical (unpaired) electrons. The fourth-order valence-corrected chi connectivity index (χ4v) is 2.81. The molecule has 15 heavy (non-hydrogen) atoms. The van der Waals surface area contributed by atoms with Crippen molar-refractivity contribution in [3.63, 3.8) is 0 Å². The Morgan fingerprint density at radius 1 is 1.13 bits per heavy atom. The van der Waals surface area contributed by atoms with Gasteiger partial charge in [-0.2, -0.15) is 0 Å². The minimum atomic E-state index is 0.309. The smallest absolute Gasteiger partial charge is 0.0539 e. The molecule has 0 unspecified atom stereocenters. The third-order valence-corrected chi connectivity index (χ3v) is 3.82. The monoisotopic (exact) mass is 223 g/mol. The molecule has 1 aliphatic carbocycles. The Morgan fingerprint density at radius 2 is 1.80 bits per heavy atom. The van der Waals surface area contributed by atoms with Crippen LogP contribution in [0.1, 0.15) is 25.7 Å². The van der Waals surface area contributed by atoms with Crippen molar-refractivity contribution in [2.24, 2.45) is 0 Å². The quantitative estimate of drug-likeness (QED) is 0.692. The zero-order chi connectivity index (χ0) is 10.7. The van der Waals surface area contributed by atoms with Crippen molar-refractivity contribution >= 4 is 17.3 Å². The van der Waals surface area contributed by atoms with E-state index in [-0.39, 0.29) is 0 Å². The van der Waals surface area contributed by atoms with Crippen LogP contribution in [0.4, 0.5) is 5.69 Å². The normalized spacial score (nSPS) is 26.3. The van der Waals surface area contributed by atoms with Gasteiger partial charge in [0.05, 0.1) is 5.38 Å². The molecule has 0 N–H and O–H groups in total. The summed E-state index contributed by atoms with van der Waals surface area (Å²) in [4.78, 5) is 2.33. The van der Waals surface area contributed by atoms with Gasteiger partial charge in [-0.15, -0.1) is 11.6 Å². The minimum Gasteiger partial charge on any atom is -0.370 e. The number of para-hydroxylation sites is 1. The zero-order valence-corrected chi connectivity index (χ0v) is 9.95. The molecule has 1 saturated carbocycles. The Labute approximate surface area is 97.0 Å². The number of hydrogen-bond acceptors (Lipinski definition) is 1. The molecule has 2 atom stereocenters. The van der Waals surface area contributed by atoms with E-state index < -0.39 is 0 Å². The summed E-state index contributed by atoms with van der Waals surface area (Å²) in [7, 11) is 2.15. The second-order valence-electron chi connectivity index (χ2n) is 4.31. The molecular weight excluding hydrogens is 206 g/mol. The summed E-state index contributed by atoms with van der Waals surface area (Å²) < 4.78 is 0. The second-order valence-corrected chi connectivity index (χ2v) is 4.87. The molecule has 0 heterocycles. The average molecular weight is 224 g/mol. The van der Waals surface area contributed by atoms with Crippen LogP contribution in [0, 0.1) is 0 Å². The third-order valence-electron chi connectivity index (χ3n) is 3.31. The van der Waals surface area contributed by atoms with E-state index in [1.807, 2.05) is 0 Å². The van der Waals surface area contributed by atoms with E-state index in [1.54, 1.807) is 0 Å². The van der Waals surface area contributed by atoms with Gasteiger partial charge in [0.2, 0.25) is 0 Å². The van der Waals surface area contributed by atoms with Crippen molar-refractivity contribution in [2.75, 3.05) is 11.9 Å². The molecule has 2 heteroatoms. The number of anilines is 1. The van der Waals surface area contributed by atoms with Gasteiger partial charge in [0, 0.05) is 18.8 Å². The molecule has 2 rings (SSSR count). The molecule has 0 saturated heterocycles. The highest BCUT2D eigenvalue weighted by Crippen LogP contribution is 2.29. The first-order valence-corrected chi connectivity index (χ1v) is 6.14. The van der Waals surface area contributed by atoms with Crippen LogP contribution in [0.5, 0.6) is 0 Å². The van der Waals surface area contributed by atoms with Gasteiger partial charge in [0.15, 0.2) is 0 Å². The molecule has 1 aromatic rings. The molecule has 1 aromatic carbocycles. The Kier molecular flexibility index (Phi) is 3.53. The molecule has 0 spiro atoms. The summed E-state index contributed by atoms with van der Waals surface area (Å²) >= 11 is 6.39. The van der Waals surface area contributed by atoms with Gasteiger partial charge < -0.3 is 4.90 Å². The van der Waals surface area contributed by atoms with Crippen molar-refractivity contribution in [1.29, 1.82) is 0 Å². The first kappa shape index (κ1) is 10.8. The van der Waals surface area contributed by atoms with Crippen LogP contribution in [-0.2, 0) is 0 Å². The number of rotatable bonds is 2. The summed E-state index contributed by atoms with van der Waals surface area (Å²) in [6.45, 7) is 0. The maximum atomic E-state index is 6.39. The predicted octanol–water partition coefficient (Wildman–Crippen LogP) is 3.67. The molecule has 1 fully saturated rings. The van der Waals surface area contributed by atoms with E-state index in [4.69, 9.17) is 11.6 Å². The number of alkyl halides is 1. The van der Waals surface area contributed by atoms with Crippen molar-refractivity contribution < 1.29 is 0 Å². The second kappa shape index (κ2) is 4.89. The minimum absolute atomic E-state index is 0.309. The Bertz CT molecular complexity index is 299. The summed E-state index contributed by atoms with van der Waals surface area (Å²) in [5.41, 5.74) is 1.27. The Balaban J connectivity index is 2.09. The van der Waals surface area contributed by atoms with Gasteiger partial charge in [-0.1, -0.05) is 31.0 Å². The molecule has 82 valence electrons. The van der Waals surface area contributed by atoms with Crippen molar-refractivity contribution in [3.8, 4) is 0 Å². The predicted molar refractivity (Wildman–Crippen MR) is 66.7 cm³/mol. The third kappa shape index (κ3) is 2.46. The highest BCUT2D eigenvalue weighted by atomic mass is 35.5. The van der Waals surface area contributed by atoms with Crippen LogP contribution in [-0.4, -0.2) is 18.5 Å². The van der Waals surface area contributed by atoms with E-state index in [0.717, 1.165) is 6.42 Å². The number of nitrogens with zero attached hydrogens (tertiary/aromatic N) is 1. The van der Waals surface area contributed by atoms with Crippen LogP contribution >= 0.6 is 11.6 Å². The molecule has 0 bridgehead atoms. The molecular formula is C13H18ClN. The van der Waals surface area contributed by atoms with Crippen molar-refractivity contribution in [3.05, 3.63) is 30.3 Å². The first-order chi connectivity index (χ1) is 7.29. The number of hydrogen-bond donors (Lipinski definition) is 0. The van der Waals surface area contributed by atoms with Crippen LogP contribution in [0.15, 0.2) is 30.3 Å². The van der Waals surface area contributed by atoms with Gasteiger partial charge in [-0.3, -0.25) is 0 Å². The van der Waals surface area contributed by atoms with Crippen LogP contribution in [0.2, 0.25) is 0 Å². The summed E-state index contributed by atoms with van der Waals surface area (Å²) in [6, 6.07) is 11.0. The van der Waals surface area contributed by atoms with Crippen molar-refractivity contribution in [2.45, 2.75) is 37.1 Å². The fourth-order valence-electron chi connectivity index (χ4n) is 2.36. The van der Waals surface area contributed by atoms with E-state index in [1.165, 1.54) is 24.9 Å². The van der Waals surface area contributed by atoms with E-state index >= 15 is 0 Å². The Morgan fingerprint density at radius 3 is 2.47 bits per heavy atom. The van der Waals surface area contributed by atoms with Gasteiger partial charge >= 0.3 is 0 Å². The summed E-state index contributed by atoms with van der Waals surface area (Å²) in [5.74, 6) is 0. The van der Waals surface area contributed by atoms with Crippen molar-refractivity contribution in [1.82, 2.24) is 0 Å². The molecule has 1 nitrogen and oxygen atoms in total. The molecule has 0 aliphatic heterocycles. The molecule has 0 aromatic heterocycles. The molecule has 0 amide bonds. The van der Waals surface area contributed by atoms with Crippen LogP contribution in [0.3, 0.4) is 0 Å². The average Bonchev–Trinajstić information content (AvgIpc) is 2.30. The Hall–Kier alpha value is -0.690. The van der Waals surface area contributed by atoms with Gasteiger partial charge in [0.1, 0.15) is 0 Å². The van der Waals surface area contributed by atoms with E-state index in [2.05, 4.69) is 42.3 Å². The highest BCUT2D eigenvalue weighted by Gasteiger charge is 2.26. The lowest BCUT2D eigenvalue weighted by atomic mass is 9.93. The SMILES string of the molecule is CN(c1ccccc1)[C@@H]1CCCC[C@H]1Cl. The lowest BCUT2D eigenvalue weighted by Gasteiger charge is -2.36. The number of benzene rings is 1. The summed E-state index contributed by atoms with van der Waals surface area (Å²) in [5, 5.41) is 0.309. The van der Waals surface area contributed by atoms with Gasteiger partial charge in [0.25, 0.3) is 0 Å². The van der Waals surface area contributed by atoms with Crippen LogP contribution in [0.25, 0.3) is 0 Å². The van der Waals surface area contributed by atoms with Crippen LogP contribution < -0.4 is 4.90 Å². The fraction of sp³-hybridized carbons (Fsp3) is 0.538. The van der Waals surface area contributed by atoms with E-state index in [0.29, 0.717) is 11.4 Å². The molecule has 1 aliphatic rings. The zero-order valence-electron chi connectivity index (χ0n) is 9.20. The number of halogens is 1. The maximum absolute atomic E-state index is 6.39.